The van der Waals surface area contributed by atoms with Gasteiger partial charge in [-0.3, -0.25) is 4.99 Å². The molecule has 2 heterocycles. The molecule has 5 heteroatoms. The molecule has 2 saturated heterocycles. The van der Waals surface area contributed by atoms with E-state index in [1.165, 1.54) is 44.3 Å². The fourth-order valence-corrected chi connectivity index (χ4v) is 6.08. The van der Waals surface area contributed by atoms with Crippen LogP contribution >= 0.6 is 11.8 Å². The molecule has 0 bridgehead atoms. The van der Waals surface area contributed by atoms with Gasteiger partial charge in [0.05, 0.1) is 12.6 Å². The Morgan fingerprint density at radius 1 is 1.32 bits per heavy atom. The van der Waals surface area contributed by atoms with E-state index in [-0.39, 0.29) is 0 Å². The zero-order valence-electron chi connectivity index (χ0n) is 13.6. The number of nitrogens with zero attached hydrogens (tertiary/aromatic N) is 1. The van der Waals surface area contributed by atoms with E-state index in [2.05, 4.69) is 29.3 Å². The Kier molecular flexibility index (Phi) is 4.29. The average molecular weight is 324 g/mol. The van der Waals surface area contributed by atoms with Crippen molar-refractivity contribution >= 4 is 17.7 Å². The molecule has 4 rings (SSSR count). The Morgan fingerprint density at radius 3 is 2.91 bits per heavy atom. The fourth-order valence-electron chi connectivity index (χ4n) is 4.90. The number of hydrogen-bond acceptors (Lipinski definition) is 3. The summed E-state index contributed by atoms with van der Waals surface area (Å²) in [6.07, 6.45) is 8.50. The standard InChI is InChI=1S/C17H29N3OS/c1-2-18-16(19-11-12-5-3-10-22-12)20-14-13-6-9-21-15(13)17(14)7-4-8-17/h12-15H,2-11H2,1H3,(H2,18,19,20). The van der Waals surface area contributed by atoms with Gasteiger partial charge in [0.25, 0.3) is 0 Å². The maximum Gasteiger partial charge on any atom is 0.191 e. The molecule has 4 aliphatic rings. The molecular weight excluding hydrogens is 294 g/mol. The molecule has 0 aromatic rings. The predicted molar refractivity (Wildman–Crippen MR) is 92.5 cm³/mol. The van der Waals surface area contributed by atoms with Crippen molar-refractivity contribution in [1.29, 1.82) is 0 Å². The molecule has 0 aromatic heterocycles. The Bertz CT molecular complexity index is 432. The molecule has 2 saturated carbocycles. The van der Waals surface area contributed by atoms with E-state index < -0.39 is 0 Å². The van der Waals surface area contributed by atoms with E-state index in [0.717, 1.165) is 30.9 Å². The first-order valence-corrected chi connectivity index (χ1v) is 10.2. The van der Waals surface area contributed by atoms with Gasteiger partial charge in [0, 0.05) is 35.8 Å². The summed E-state index contributed by atoms with van der Waals surface area (Å²) in [6.45, 7) is 5.02. The lowest BCUT2D eigenvalue weighted by Crippen LogP contribution is -2.72. The number of fused-ring (bicyclic) bond motifs is 2. The van der Waals surface area contributed by atoms with E-state index in [4.69, 9.17) is 9.73 Å². The largest absolute Gasteiger partial charge is 0.377 e. The highest BCUT2D eigenvalue weighted by molar-refractivity contribution is 8.00. The summed E-state index contributed by atoms with van der Waals surface area (Å²) < 4.78 is 6.02. The van der Waals surface area contributed by atoms with Crippen LogP contribution in [0, 0.1) is 11.3 Å². The van der Waals surface area contributed by atoms with Crippen molar-refractivity contribution in [2.75, 3.05) is 25.4 Å². The first-order chi connectivity index (χ1) is 10.8. The van der Waals surface area contributed by atoms with Crippen LogP contribution in [0.4, 0.5) is 0 Å². The third-order valence-electron chi connectivity index (χ3n) is 6.15. The zero-order valence-corrected chi connectivity index (χ0v) is 14.5. The normalized spacial score (nSPS) is 39.2. The monoisotopic (exact) mass is 323 g/mol. The molecule has 4 atom stereocenters. The minimum atomic E-state index is 0.430. The zero-order chi connectivity index (χ0) is 15.0. The molecule has 0 amide bonds. The van der Waals surface area contributed by atoms with E-state index >= 15 is 0 Å². The lowest BCUT2D eigenvalue weighted by atomic mass is 9.46. The van der Waals surface area contributed by atoms with Crippen molar-refractivity contribution in [2.45, 2.75) is 62.8 Å². The van der Waals surface area contributed by atoms with Crippen LogP contribution in [0.2, 0.25) is 0 Å². The summed E-state index contributed by atoms with van der Waals surface area (Å²) in [5.41, 5.74) is 0.430. The maximum atomic E-state index is 6.02. The topological polar surface area (TPSA) is 45.7 Å². The first-order valence-electron chi connectivity index (χ1n) is 9.11. The van der Waals surface area contributed by atoms with Gasteiger partial charge in [0.2, 0.25) is 0 Å². The molecule has 124 valence electrons. The van der Waals surface area contributed by atoms with Gasteiger partial charge < -0.3 is 15.4 Å². The Balaban J connectivity index is 1.41. The highest BCUT2D eigenvalue weighted by Gasteiger charge is 2.66. The van der Waals surface area contributed by atoms with Crippen molar-refractivity contribution in [2.24, 2.45) is 16.3 Å². The molecule has 4 unspecified atom stereocenters. The van der Waals surface area contributed by atoms with Gasteiger partial charge in [0.15, 0.2) is 5.96 Å². The summed E-state index contributed by atoms with van der Waals surface area (Å²) in [5, 5.41) is 7.99. The average Bonchev–Trinajstić information content (AvgIpc) is 3.10. The third kappa shape index (κ3) is 2.44. The summed E-state index contributed by atoms with van der Waals surface area (Å²) in [4.78, 5) is 4.89. The fraction of sp³-hybridized carbons (Fsp3) is 0.941. The summed E-state index contributed by atoms with van der Waals surface area (Å²) in [6, 6.07) is 0.586. The van der Waals surface area contributed by atoms with Crippen molar-refractivity contribution in [3.63, 3.8) is 0 Å². The van der Waals surface area contributed by atoms with Gasteiger partial charge >= 0.3 is 0 Å². The van der Waals surface area contributed by atoms with Crippen molar-refractivity contribution in [3.05, 3.63) is 0 Å². The van der Waals surface area contributed by atoms with Crippen molar-refractivity contribution in [3.8, 4) is 0 Å². The number of ether oxygens (including phenoxy) is 1. The molecule has 2 N–H and O–H groups in total. The maximum absolute atomic E-state index is 6.02. The molecule has 0 radical (unpaired) electrons. The second-order valence-electron chi connectivity index (χ2n) is 7.31. The third-order valence-corrected chi connectivity index (χ3v) is 7.53. The summed E-state index contributed by atoms with van der Waals surface area (Å²) >= 11 is 2.09. The molecule has 2 aliphatic heterocycles. The number of thioether (sulfide) groups is 1. The minimum Gasteiger partial charge on any atom is -0.377 e. The second-order valence-corrected chi connectivity index (χ2v) is 8.72. The molecular formula is C17H29N3OS. The van der Waals surface area contributed by atoms with E-state index in [0.29, 0.717) is 23.5 Å². The second kappa shape index (κ2) is 6.23. The van der Waals surface area contributed by atoms with Gasteiger partial charge in [-0.2, -0.15) is 11.8 Å². The quantitative estimate of drug-likeness (QED) is 0.616. The summed E-state index contributed by atoms with van der Waals surface area (Å²) in [5.74, 6) is 3.07. The van der Waals surface area contributed by atoms with Crippen molar-refractivity contribution < 1.29 is 4.74 Å². The predicted octanol–water partition coefficient (Wildman–Crippen LogP) is 2.39. The number of guanidine groups is 1. The van der Waals surface area contributed by atoms with Crippen LogP contribution in [-0.2, 0) is 4.74 Å². The number of aliphatic imine (C=N–C) groups is 1. The number of nitrogens with one attached hydrogen (secondary N) is 2. The molecule has 4 nitrogen and oxygen atoms in total. The van der Waals surface area contributed by atoms with Gasteiger partial charge in [0.1, 0.15) is 0 Å². The molecule has 4 fully saturated rings. The number of rotatable bonds is 4. The molecule has 2 aliphatic carbocycles. The molecule has 22 heavy (non-hydrogen) atoms. The lowest BCUT2D eigenvalue weighted by Gasteiger charge is -2.63. The number of hydrogen-bond donors (Lipinski definition) is 2. The summed E-state index contributed by atoms with van der Waals surface area (Å²) in [7, 11) is 0. The van der Waals surface area contributed by atoms with E-state index in [1.54, 1.807) is 0 Å². The molecule has 1 spiro atoms. The van der Waals surface area contributed by atoms with Crippen molar-refractivity contribution in [1.82, 2.24) is 10.6 Å². The SMILES string of the molecule is CCNC(=NCC1CCCS1)NC1C2CCOC2C12CCC2. The van der Waals surface area contributed by atoms with Gasteiger partial charge in [-0.15, -0.1) is 0 Å². The van der Waals surface area contributed by atoms with Crippen LogP contribution in [0.1, 0.15) is 45.4 Å². The Hall–Kier alpha value is -0.420. The van der Waals surface area contributed by atoms with Crippen LogP contribution in [-0.4, -0.2) is 48.8 Å². The van der Waals surface area contributed by atoms with Crippen LogP contribution in [0.3, 0.4) is 0 Å². The minimum absolute atomic E-state index is 0.430. The van der Waals surface area contributed by atoms with Crippen LogP contribution in [0.25, 0.3) is 0 Å². The van der Waals surface area contributed by atoms with Crippen LogP contribution in [0.15, 0.2) is 4.99 Å². The van der Waals surface area contributed by atoms with Crippen LogP contribution < -0.4 is 10.6 Å². The van der Waals surface area contributed by atoms with Gasteiger partial charge in [-0.1, -0.05) is 6.42 Å². The highest BCUT2D eigenvalue weighted by atomic mass is 32.2. The highest BCUT2D eigenvalue weighted by Crippen LogP contribution is 2.62. The van der Waals surface area contributed by atoms with E-state index in [9.17, 15) is 0 Å². The molecule has 0 aromatic carbocycles. The van der Waals surface area contributed by atoms with Crippen LogP contribution in [0.5, 0.6) is 0 Å². The Labute approximate surface area is 138 Å². The Morgan fingerprint density at radius 2 is 2.23 bits per heavy atom. The van der Waals surface area contributed by atoms with Gasteiger partial charge in [-0.05, 0) is 44.8 Å². The van der Waals surface area contributed by atoms with Gasteiger partial charge in [-0.25, -0.2) is 0 Å². The first kappa shape index (κ1) is 15.1. The lowest BCUT2D eigenvalue weighted by molar-refractivity contribution is -0.171. The van der Waals surface area contributed by atoms with E-state index in [1.807, 2.05) is 0 Å². The smallest absolute Gasteiger partial charge is 0.191 e.